The van der Waals surface area contributed by atoms with Crippen LogP contribution in [0.2, 0.25) is 0 Å². The zero-order valence-electron chi connectivity index (χ0n) is 33.1. The van der Waals surface area contributed by atoms with Gasteiger partial charge >= 0.3 is 0 Å². The smallest absolute Gasteiger partial charge is 0.212 e. The van der Waals surface area contributed by atoms with Gasteiger partial charge in [-0.15, -0.1) is 0 Å². The van der Waals surface area contributed by atoms with Crippen LogP contribution in [0.3, 0.4) is 0 Å². The van der Waals surface area contributed by atoms with Gasteiger partial charge in [-0.3, -0.25) is 0 Å². The highest BCUT2D eigenvalue weighted by Gasteiger charge is 2.44. The second-order valence-electron chi connectivity index (χ2n) is 15.4. The molecule has 0 aromatic rings. The molecule has 12 heteroatoms. The standard InChI is InChI=1S/C40H81NO10S/c1-3-5-7-9-11-13-15-17-18-20-22-24-26-28-30-52(48,49)41-33(32-50-40-39(47)38(46)37(45)35(31-42)51-40)36(44)34(43)29-27-25-23-21-19-16-14-12-10-8-6-4-2/h33-47H,3-32H2,1-2H3/t33-,34+,35+,36-,37-,38-,39+,40+/m0/s1. The van der Waals surface area contributed by atoms with E-state index in [9.17, 15) is 39.1 Å². The summed E-state index contributed by atoms with van der Waals surface area (Å²) in [5.74, 6) is -0.136. The summed E-state index contributed by atoms with van der Waals surface area (Å²) < 4.78 is 39.8. The van der Waals surface area contributed by atoms with Crippen LogP contribution in [0.1, 0.15) is 187 Å². The maximum absolute atomic E-state index is 13.1. The minimum absolute atomic E-state index is 0.136. The van der Waals surface area contributed by atoms with Crippen molar-refractivity contribution in [2.45, 2.75) is 236 Å². The van der Waals surface area contributed by atoms with Crippen molar-refractivity contribution in [2.75, 3.05) is 19.0 Å². The Labute approximate surface area is 317 Å². The normalized spacial score (nSPS) is 22.8. The van der Waals surface area contributed by atoms with E-state index in [1.165, 1.54) is 109 Å². The number of sulfonamides is 1. The van der Waals surface area contributed by atoms with Crippen molar-refractivity contribution < 1.29 is 48.5 Å². The number of ether oxygens (including phenoxy) is 2. The molecule has 0 aromatic heterocycles. The van der Waals surface area contributed by atoms with Crippen LogP contribution in [0.5, 0.6) is 0 Å². The number of aliphatic hydroxyl groups is 6. The van der Waals surface area contributed by atoms with Crippen molar-refractivity contribution >= 4 is 10.0 Å². The monoisotopic (exact) mass is 768 g/mol. The lowest BCUT2D eigenvalue weighted by atomic mass is 9.99. The molecule has 0 bridgehead atoms. The molecule has 1 aliphatic rings. The summed E-state index contributed by atoms with van der Waals surface area (Å²) in [5, 5.41) is 62.1. The van der Waals surface area contributed by atoms with Gasteiger partial charge in [0.05, 0.1) is 37.2 Å². The Balaban J connectivity index is 2.52. The molecule has 0 saturated carbocycles. The predicted octanol–water partition coefficient (Wildman–Crippen LogP) is 6.39. The van der Waals surface area contributed by atoms with E-state index in [2.05, 4.69) is 18.6 Å². The average molecular weight is 768 g/mol. The van der Waals surface area contributed by atoms with Crippen molar-refractivity contribution in [3.8, 4) is 0 Å². The third kappa shape index (κ3) is 23.5. The highest BCUT2D eigenvalue weighted by atomic mass is 32.2. The van der Waals surface area contributed by atoms with Crippen LogP contribution in [0.4, 0.5) is 0 Å². The minimum atomic E-state index is -3.86. The van der Waals surface area contributed by atoms with Crippen LogP contribution in [-0.2, 0) is 19.5 Å². The van der Waals surface area contributed by atoms with Crippen LogP contribution in [0, 0.1) is 0 Å². The average Bonchev–Trinajstić information content (AvgIpc) is 3.13. The number of nitrogens with one attached hydrogen (secondary N) is 1. The largest absolute Gasteiger partial charge is 0.394 e. The quantitative estimate of drug-likeness (QED) is 0.0353. The lowest BCUT2D eigenvalue weighted by Gasteiger charge is -2.40. The maximum atomic E-state index is 13.1. The van der Waals surface area contributed by atoms with Gasteiger partial charge in [-0.2, -0.15) is 0 Å². The molecule has 0 aliphatic carbocycles. The van der Waals surface area contributed by atoms with Gasteiger partial charge in [-0.05, 0) is 12.8 Å². The van der Waals surface area contributed by atoms with Crippen molar-refractivity contribution in [2.24, 2.45) is 0 Å². The second kappa shape index (κ2) is 31.8. The van der Waals surface area contributed by atoms with E-state index in [0.717, 1.165) is 44.9 Å². The Kier molecular flexibility index (Phi) is 30.3. The zero-order chi connectivity index (χ0) is 38.5. The fourth-order valence-electron chi connectivity index (χ4n) is 7.02. The van der Waals surface area contributed by atoms with Crippen molar-refractivity contribution in [3.05, 3.63) is 0 Å². The molecule has 8 atom stereocenters. The van der Waals surface area contributed by atoms with Gasteiger partial charge in [0.1, 0.15) is 24.4 Å². The second-order valence-corrected chi connectivity index (χ2v) is 17.3. The maximum Gasteiger partial charge on any atom is 0.212 e. The van der Waals surface area contributed by atoms with Gasteiger partial charge in [0.25, 0.3) is 0 Å². The first-order valence-corrected chi connectivity index (χ1v) is 23.0. The predicted molar refractivity (Wildman–Crippen MR) is 208 cm³/mol. The van der Waals surface area contributed by atoms with Crippen LogP contribution in [0.15, 0.2) is 0 Å². The molecule has 52 heavy (non-hydrogen) atoms. The number of hydrogen-bond acceptors (Lipinski definition) is 10. The van der Waals surface area contributed by atoms with E-state index >= 15 is 0 Å². The third-order valence-corrected chi connectivity index (χ3v) is 12.0. The van der Waals surface area contributed by atoms with Crippen molar-refractivity contribution in [1.29, 1.82) is 0 Å². The first kappa shape index (κ1) is 49.6. The van der Waals surface area contributed by atoms with Gasteiger partial charge in [0, 0.05) is 0 Å². The Bertz CT molecular complexity index is 911. The van der Waals surface area contributed by atoms with E-state index in [4.69, 9.17) is 9.47 Å². The Morgan fingerprint density at radius 2 is 1.00 bits per heavy atom. The molecule has 0 aromatic carbocycles. The minimum Gasteiger partial charge on any atom is -0.394 e. The molecule has 11 nitrogen and oxygen atoms in total. The molecule has 0 spiro atoms. The van der Waals surface area contributed by atoms with Crippen molar-refractivity contribution in [1.82, 2.24) is 4.72 Å². The third-order valence-electron chi connectivity index (χ3n) is 10.5. The summed E-state index contributed by atoms with van der Waals surface area (Å²) in [4.78, 5) is 0. The van der Waals surface area contributed by atoms with E-state index < -0.39 is 72.2 Å². The van der Waals surface area contributed by atoms with Gasteiger partial charge in [0.15, 0.2) is 6.29 Å². The Morgan fingerprint density at radius 1 is 0.596 bits per heavy atom. The molecule has 7 N–H and O–H groups in total. The molecule has 0 radical (unpaired) electrons. The first-order valence-electron chi connectivity index (χ1n) is 21.4. The van der Waals surface area contributed by atoms with E-state index in [0.29, 0.717) is 12.8 Å². The molecule has 1 heterocycles. The number of hydrogen-bond donors (Lipinski definition) is 7. The van der Waals surface area contributed by atoms with E-state index in [1.807, 2.05) is 0 Å². The van der Waals surface area contributed by atoms with Crippen LogP contribution in [-0.4, -0.2) is 107 Å². The molecule has 0 unspecified atom stereocenters. The zero-order valence-corrected chi connectivity index (χ0v) is 33.9. The summed E-state index contributed by atoms with van der Waals surface area (Å²) >= 11 is 0. The fraction of sp³-hybridized carbons (Fsp3) is 1.00. The summed E-state index contributed by atoms with van der Waals surface area (Å²) in [6.07, 6.45) is 20.1. The molecule has 1 aliphatic heterocycles. The van der Waals surface area contributed by atoms with Crippen LogP contribution in [0.25, 0.3) is 0 Å². The molecule has 1 saturated heterocycles. The first-order chi connectivity index (χ1) is 25.1. The molecule has 0 amide bonds. The van der Waals surface area contributed by atoms with Gasteiger partial charge in [-0.1, -0.05) is 174 Å². The molecular formula is C40H81NO10S. The molecular weight excluding hydrogens is 687 g/mol. The summed E-state index contributed by atoms with van der Waals surface area (Å²) in [7, 11) is -3.86. The number of unbranched alkanes of at least 4 members (excludes halogenated alkanes) is 24. The molecule has 1 fully saturated rings. The highest BCUT2D eigenvalue weighted by molar-refractivity contribution is 7.89. The van der Waals surface area contributed by atoms with Crippen LogP contribution < -0.4 is 4.72 Å². The summed E-state index contributed by atoms with van der Waals surface area (Å²) in [6.45, 7) is 3.35. The van der Waals surface area contributed by atoms with Crippen molar-refractivity contribution in [3.63, 3.8) is 0 Å². The fourth-order valence-corrected chi connectivity index (χ4v) is 8.39. The summed E-state index contributed by atoms with van der Waals surface area (Å²) in [5.41, 5.74) is 0. The molecule has 312 valence electrons. The van der Waals surface area contributed by atoms with E-state index in [1.54, 1.807) is 0 Å². The highest BCUT2D eigenvalue weighted by Crippen LogP contribution is 2.23. The van der Waals surface area contributed by atoms with Crippen LogP contribution >= 0.6 is 0 Å². The Morgan fingerprint density at radius 3 is 1.42 bits per heavy atom. The lowest BCUT2D eigenvalue weighted by molar-refractivity contribution is -0.303. The van der Waals surface area contributed by atoms with Gasteiger partial charge in [0.2, 0.25) is 10.0 Å². The molecule has 1 rings (SSSR count). The number of rotatable bonds is 36. The SMILES string of the molecule is CCCCCCCCCCCCCCCCS(=O)(=O)N[C@@H](CO[C@@H]1O[C@H](CO)[C@H](O)[C@H](O)[C@H]1O)[C@H](O)[C@H](O)CCCCCCCCCCCCCC. The Hall–Kier alpha value is -0.410. The topological polar surface area (TPSA) is 186 Å². The van der Waals surface area contributed by atoms with Gasteiger partial charge in [-0.25, -0.2) is 13.1 Å². The lowest BCUT2D eigenvalue weighted by Crippen LogP contribution is -2.60. The number of aliphatic hydroxyl groups excluding tert-OH is 6. The van der Waals surface area contributed by atoms with Gasteiger partial charge < -0.3 is 40.1 Å². The van der Waals surface area contributed by atoms with E-state index in [-0.39, 0.29) is 12.2 Å². The summed E-state index contributed by atoms with van der Waals surface area (Å²) in [6, 6.07) is -1.25.